The van der Waals surface area contributed by atoms with Crippen LogP contribution in [0.1, 0.15) is 23.0 Å². The summed E-state index contributed by atoms with van der Waals surface area (Å²) in [5, 5.41) is 9.99. The van der Waals surface area contributed by atoms with Crippen molar-refractivity contribution in [2.75, 3.05) is 13.6 Å². The Kier molecular flexibility index (Phi) is 5.70. The summed E-state index contributed by atoms with van der Waals surface area (Å²) in [6, 6.07) is 7.63. The van der Waals surface area contributed by atoms with E-state index in [0.29, 0.717) is 19.5 Å². The van der Waals surface area contributed by atoms with Crippen molar-refractivity contribution in [1.29, 1.82) is 0 Å². The molecule has 114 valence electrons. The Bertz CT molecular complexity index is 605. The van der Waals surface area contributed by atoms with Crippen molar-refractivity contribution >= 4 is 22.9 Å². The van der Waals surface area contributed by atoms with Gasteiger partial charge in [0, 0.05) is 23.5 Å². The topological polar surface area (TPSA) is 23.5 Å². The molecule has 1 N–H and O–H groups in total. The molecule has 1 atom stereocenters. The molecule has 0 saturated heterocycles. The lowest BCUT2D eigenvalue weighted by Gasteiger charge is -2.18. The van der Waals surface area contributed by atoms with E-state index in [4.69, 9.17) is 11.6 Å². The highest BCUT2D eigenvalue weighted by atomic mass is 35.5. The first-order chi connectivity index (χ1) is 9.97. The van der Waals surface area contributed by atoms with Gasteiger partial charge in [-0.15, -0.1) is 11.3 Å². The normalized spacial score (nSPS) is 12.9. The Labute approximate surface area is 131 Å². The number of benzene rings is 1. The molecular weight excluding hydrogens is 316 g/mol. The molecule has 21 heavy (non-hydrogen) atoms. The average Bonchev–Trinajstić information content (AvgIpc) is 2.84. The van der Waals surface area contributed by atoms with Gasteiger partial charge in [0.15, 0.2) is 11.6 Å². The van der Waals surface area contributed by atoms with Crippen molar-refractivity contribution in [3.63, 3.8) is 0 Å². The van der Waals surface area contributed by atoms with Crippen LogP contribution in [0.3, 0.4) is 0 Å². The minimum Gasteiger partial charge on any atom is -0.388 e. The molecule has 0 aliphatic carbocycles. The van der Waals surface area contributed by atoms with Gasteiger partial charge in [0.25, 0.3) is 0 Å². The zero-order valence-electron chi connectivity index (χ0n) is 11.5. The molecule has 2 rings (SSSR count). The molecule has 2 nitrogen and oxygen atoms in total. The summed E-state index contributed by atoms with van der Waals surface area (Å²) >= 11 is 7.37. The molecule has 0 spiro atoms. The summed E-state index contributed by atoms with van der Waals surface area (Å²) in [6.07, 6.45) is -0.689. The number of halogens is 3. The van der Waals surface area contributed by atoms with Gasteiger partial charge in [0.1, 0.15) is 0 Å². The molecule has 6 heteroatoms. The molecule has 0 aliphatic rings. The fourth-order valence-corrected chi connectivity index (χ4v) is 3.23. The highest BCUT2D eigenvalue weighted by molar-refractivity contribution is 7.16. The van der Waals surface area contributed by atoms with E-state index in [1.54, 1.807) is 0 Å². The van der Waals surface area contributed by atoms with Gasteiger partial charge in [-0.25, -0.2) is 8.78 Å². The van der Waals surface area contributed by atoms with Crippen LogP contribution >= 0.6 is 22.9 Å². The predicted octanol–water partition coefficient (Wildman–Crippen LogP) is 4.24. The largest absolute Gasteiger partial charge is 0.388 e. The van der Waals surface area contributed by atoms with Crippen LogP contribution in [-0.4, -0.2) is 23.6 Å². The van der Waals surface area contributed by atoms with Gasteiger partial charge in [-0.3, -0.25) is 0 Å². The van der Waals surface area contributed by atoms with Crippen LogP contribution in [0, 0.1) is 11.6 Å². The van der Waals surface area contributed by atoms with Gasteiger partial charge in [-0.05, 0) is 31.7 Å². The summed E-state index contributed by atoms with van der Waals surface area (Å²) in [6.45, 7) is 1.27. The molecule has 0 fully saturated rings. The summed E-state index contributed by atoms with van der Waals surface area (Å²) in [7, 11) is 1.91. The van der Waals surface area contributed by atoms with E-state index in [1.807, 2.05) is 24.1 Å². The second-order valence-electron chi connectivity index (χ2n) is 4.89. The lowest BCUT2D eigenvalue weighted by Crippen LogP contribution is -2.20. The minimum absolute atomic E-state index is 0.00238. The lowest BCUT2D eigenvalue weighted by atomic mass is 10.1. The van der Waals surface area contributed by atoms with Crippen LogP contribution in [0.25, 0.3) is 0 Å². The van der Waals surface area contributed by atoms with Crippen LogP contribution in [-0.2, 0) is 6.54 Å². The number of rotatable bonds is 6. The Morgan fingerprint density at radius 1 is 1.29 bits per heavy atom. The fraction of sp³-hybridized carbons (Fsp3) is 0.333. The van der Waals surface area contributed by atoms with E-state index in [2.05, 4.69) is 0 Å². The number of hydrogen-bond donors (Lipinski definition) is 1. The van der Waals surface area contributed by atoms with Crippen LogP contribution in [0.4, 0.5) is 8.78 Å². The zero-order valence-corrected chi connectivity index (χ0v) is 13.1. The van der Waals surface area contributed by atoms with Gasteiger partial charge < -0.3 is 10.0 Å². The van der Waals surface area contributed by atoms with E-state index in [-0.39, 0.29) is 5.56 Å². The summed E-state index contributed by atoms with van der Waals surface area (Å²) in [5.41, 5.74) is 0.00238. The molecule has 1 unspecified atom stereocenters. The molecule has 2 aromatic rings. The van der Waals surface area contributed by atoms with Crippen LogP contribution in [0.15, 0.2) is 30.3 Å². The maximum atomic E-state index is 13.6. The van der Waals surface area contributed by atoms with Crippen LogP contribution in [0.5, 0.6) is 0 Å². The SMILES string of the molecule is CN(CCC(O)c1cccc(F)c1F)Cc1ccc(Cl)s1. The summed E-state index contributed by atoms with van der Waals surface area (Å²) < 4.78 is 27.4. The van der Waals surface area contributed by atoms with E-state index in [1.165, 1.54) is 23.5 Å². The predicted molar refractivity (Wildman–Crippen MR) is 81.6 cm³/mol. The maximum absolute atomic E-state index is 13.6. The highest BCUT2D eigenvalue weighted by Crippen LogP contribution is 2.24. The van der Waals surface area contributed by atoms with Crippen molar-refractivity contribution in [2.24, 2.45) is 0 Å². The third-order valence-electron chi connectivity index (χ3n) is 3.18. The van der Waals surface area contributed by atoms with E-state index in [0.717, 1.165) is 15.3 Å². The molecule has 1 heterocycles. The Morgan fingerprint density at radius 2 is 2.05 bits per heavy atom. The Morgan fingerprint density at radius 3 is 2.71 bits per heavy atom. The molecule has 1 aromatic carbocycles. The van der Waals surface area contributed by atoms with E-state index < -0.39 is 17.7 Å². The van der Waals surface area contributed by atoms with Crippen molar-refractivity contribution in [2.45, 2.75) is 19.1 Å². The van der Waals surface area contributed by atoms with Crippen molar-refractivity contribution in [1.82, 2.24) is 4.90 Å². The molecule has 0 radical (unpaired) electrons. The quantitative estimate of drug-likeness (QED) is 0.856. The average molecular weight is 332 g/mol. The first-order valence-electron chi connectivity index (χ1n) is 6.52. The number of aliphatic hydroxyl groups is 1. The Hall–Kier alpha value is -1.01. The standard InChI is InChI=1S/C15H16ClF2NOS/c1-19(9-10-5-6-14(16)21-10)8-7-13(20)11-3-2-4-12(17)15(11)18/h2-6,13,20H,7-9H2,1H3. The van der Waals surface area contributed by atoms with Crippen LogP contribution < -0.4 is 0 Å². The van der Waals surface area contributed by atoms with Gasteiger partial charge in [0.05, 0.1) is 10.4 Å². The monoisotopic (exact) mass is 331 g/mol. The second-order valence-corrected chi connectivity index (χ2v) is 6.69. The van der Waals surface area contributed by atoms with E-state index >= 15 is 0 Å². The molecular formula is C15H16ClF2NOS. The number of aliphatic hydroxyl groups excluding tert-OH is 1. The third kappa shape index (κ3) is 4.48. The number of hydrogen-bond acceptors (Lipinski definition) is 3. The van der Waals surface area contributed by atoms with Gasteiger partial charge in [-0.1, -0.05) is 23.7 Å². The molecule has 0 saturated carbocycles. The van der Waals surface area contributed by atoms with E-state index in [9.17, 15) is 13.9 Å². The fourth-order valence-electron chi connectivity index (χ4n) is 2.06. The second kappa shape index (κ2) is 7.31. The van der Waals surface area contributed by atoms with Crippen molar-refractivity contribution < 1.29 is 13.9 Å². The minimum atomic E-state index is -1.02. The smallest absolute Gasteiger partial charge is 0.164 e. The zero-order chi connectivity index (χ0) is 15.4. The summed E-state index contributed by atoms with van der Waals surface area (Å²) in [4.78, 5) is 3.12. The van der Waals surface area contributed by atoms with Crippen LogP contribution in [0.2, 0.25) is 4.34 Å². The molecule has 0 amide bonds. The van der Waals surface area contributed by atoms with Gasteiger partial charge >= 0.3 is 0 Å². The van der Waals surface area contributed by atoms with Crippen molar-refractivity contribution in [3.8, 4) is 0 Å². The van der Waals surface area contributed by atoms with Gasteiger partial charge in [-0.2, -0.15) is 0 Å². The van der Waals surface area contributed by atoms with Gasteiger partial charge in [0.2, 0.25) is 0 Å². The number of nitrogens with zero attached hydrogens (tertiary/aromatic N) is 1. The first-order valence-corrected chi connectivity index (χ1v) is 7.71. The Balaban J connectivity index is 1.88. The first kappa shape index (κ1) is 16.4. The molecule has 0 bridgehead atoms. The molecule has 1 aromatic heterocycles. The lowest BCUT2D eigenvalue weighted by molar-refractivity contribution is 0.143. The number of thiophene rings is 1. The summed E-state index contributed by atoms with van der Waals surface area (Å²) in [5.74, 6) is -1.91. The van der Waals surface area contributed by atoms with Crippen molar-refractivity contribution in [3.05, 3.63) is 56.7 Å². The molecule has 0 aliphatic heterocycles. The maximum Gasteiger partial charge on any atom is 0.164 e. The third-order valence-corrected chi connectivity index (χ3v) is 4.40. The highest BCUT2D eigenvalue weighted by Gasteiger charge is 2.16.